The normalized spacial score (nSPS) is 11.3. The summed E-state index contributed by atoms with van der Waals surface area (Å²) in [6.07, 6.45) is 0. The highest BCUT2D eigenvalue weighted by Gasteiger charge is 2.20. The lowest BCUT2D eigenvalue weighted by Crippen LogP contribution is -2.46. The van der Waals surface area contributed by atoms with Crippen molar-refractivity contribution >= 4 is 17.6 Å². The number of benzene rings is 2. The number of nitrogens with one attached hydrogen (secondary N) is 2. The number of hydrogen-bond acceptors (Lipinski definition) is 3. The molecule has 186 valence electrons. The second-order valence-electron chi connectivity index (χ2n) is 8.93. The molecule has 0 fully saturated rings. The van der Waals surface area contributed by atoms with Gasteiger partial charge in [0.1, 0.15) is 40.5 Å². The summed E-state index contributed by atoms with van der Waals surface area (Å²) in [5.74, 6) is -2.33. The van der Waals surface area contributed by atoms with E-state index in [4.69, 9.17) is 16.3 Å². The van der Waals surface area contributed by atoms with Crippen LogP contribution in [0, 0.1) is 24.4 Å². The van der Waals surface area contributed by atoms with Gasteiger partial charge in [0, 0.05) is 23.8 Å². The third-order valence-electron chi connectivity index (χ3n) is 4.94. The molecule has 35 heavy (non-hydrogen) atoms. The Morgan fingerprint density at radius 1 is 1.06 bits per heavy atom. The third-order valence-corrected chi connectivity index (χ3v) is 5.29. The lowest BCUT2D eigenvalue weighted by molar-refractivity contribution is 0.231. The van der Waals surface area contributed by atoms with E-state index in [1.54, 1.807) is 0 Å². The highest BCUT2D eigenvalue weighted by atomic mass is 35.5. The Labute approximate surface area is 205 Å². The summed E-state index contributed by atoms with van der Waals surface area (Å²) in [6.45, 7) is 6.89. The Hall–Kier alpha value is -3.46. The van der Waals surface area contributed by atoms with Crippen molar-refractivity contribution in [3.05, 3.63) is 92.1 Å². The van der Waals surface area contributed by atoms with E-state index < -0.39 is 40.3 Å². The molecule has 3 aromatic rings. The summed E-state index contributed by atoms with van der Waals surface area (Å²) in [5.41, 5.74) is -0.643. The van der Waals surface area contributed by atoms with Gasteiger partial charge in [-0.15, -0.1) is 0 Å². The van der Waals surface area contributed by atoms with E-state index in [-0.39, 0.29) is 29.6 Å². The van der Waals surface area contributed by atoms with Gasteiger partial charge in [0.25, 0.3) is 5.56 Å². The maximum absolute atomic E-state index is 14.3. The number of carbonyl (C=O) groups excluding carboxylic acids is 1. The zero-order valence-electron chi connectivity index (χ0n) is 19.6. The Bertz CT molecular complexity index is 1300. The second-order valence-corrected chi connectivity index (χ2v) is 9.31. The highest BCUT2D eigenvalue weighted by molar-refractivity contribution is 6.31. The summed E-state index contributed by atoms with van der Waals surface area (Å²) >= 11 is 6.19. The van der Waals surface area contributed by atoms with E-state index in [2.05, 4.69) is 10.6 Å². The van der Waals surface area contributed by atoms with E-state index in [0.29, 0.717) is 11.1 Å². The zero-order valence-corrected chi connectivity index (χ0v) is 20.4. The van der Waals surface area contributed by atoms with E-state index in [1.165, 1.54) is 37.3 Å². The van der Waals surface area contributed by atoms with Crippen molar-refractivity contribution in [2.75, 3.05) is 0 Å². The number of rotatable bonds is 6. The first-order chi connectivity index (χ1) is 16.4. The SMILES string of the molecule is Cc1cc(OCc2ccc(F)cc2CNC(=O)NC(C)(C)C)c(Cl)c(=O)n1-c1c(F)cccc1F. The fraction of sp³-hybridized carbons (Fsp3) is 0.280. The van der Waals surface area contributed by atoms with Crippen LogP contribution in [-0.2, 0) is 13.2 Å². The van der Waals surface area contributed by atoms with Crippen LogP contribution in [-0.4, -0.2) is 16.1 Å². The molecule has 10 heteroatoms. The van der Waals surface area contributed by atoms with Crippen molar-refractivity contribution in [2.45, 2.75) is 46.4 Å². The fourth-order valence-corrected chi connectivity index (χ4v) is 3.58. The number of para-hydroxylation sites is 1. The number of urea groups is 1. The number of nitrogens with zero attached hydrogens (tertiary/aromatic N) is 1. The van der Waals surface area contributed by atoms with Gasteiger partial charge in [-0.2, -0.15) is 0 Å². The van der Waals surface area contributed by atoms with Crippen LogP contribution in [0.3, 0.4) is 0 Å². The molecular formula is C25H25ClF3N3O3. The van der Waals surface area contributed by atoms with Gasteiger partial charge in [-0.25, -0.2) is 18.0 Å². The van der Waals surface area contributed by atoms with Gasteiger partial charge < -0.3 is 15.4 Å². The molecule has 0 spiro atoms. The third kappa shape index (κ3) is 6.36. The van der Waals surface area contributed by atoms with Crippen LogP contribution in [0.1, 0.15) is 37.6 Å². The van der Waals surface area contributed by atoms with E-state index in [1.807, 2.05) is 20.8 Å². The van der Waals surface area contributed by atoms with E-state index in [9.17, 15) is 22.8 Å². The molecule has 6 nitrogen and oxygen atoms in total. The van der Waals surface area contributed by atoms with Crippen LogP contribution in [0.5, 0.6) is 5.75 Å². The van der Waals surface area contributed by atoms with Gasteiger partial charge in [-0.3, -0.25) is 9.36 Å². The maximum atomic E-state index is 14.3. The number of carbonyl (C=O) groups is 1. The van der Waals surface area contributed by atoms with E-state index in [0.717, 1.165) is 16.7 Å². The fourth-order valence-electron chi connectivity index (χ4n) is 3.38. The number of hydrogen-bond donors (Lipinski definition) is 2. The molecular weight excluding hydrogens is 483 g/mol. The summed E-state index contributed by atoms with van der Waals surface area (Å²) in [4.78, 5) is 24.9. The van der Waals surface area contributed by atoms with Crippen molar-refractivity contribution < 1.29 is 22.7 Å². The molecule has 0 aliphatic rings. The largest absolute Gasteiger partial charge is 0.487 e. The minimum atomic E-state index is -0.918. The number of ether oxygens (including phenoxy) is 1. The van der Waals surface area contributed by atoms with Gasteiger partial charge in [-0.05, 0) is 63.1 Å². The number of aromatic nitrogens is 1. The van der Waals surface area contributed by atoms with Crippen LogP contribution in [0.25, 0.3) is 5.69 Å². The second kappa shape index (κ2) is 10.4. The number of halogens is 4. The first kappa shape index (κ1) is 26.2. The Balaban J connectivity index is 1.84. The van der Waals surface area contributed by atoms with Crippen molar-refractivity contribution in [1.29, 1.82) is 0 Å². The molecule has 0 saturated heterocycles. The summed E-state index contributed by atoms with van der Waals surface area (Å²) < 4.78 is 48.9. The molecule has 0 aliphatic carbocycles. The average molecular weight is 508 g/mol. The topological polar surface area (TPSA) is 72.4 Å². The maximum Gasteiger partial charge on any atom is 0.315 e. The predicted octanol–water partition coefficient (Wildman–Crippen LogP) is 5.39. The van der Waals surface area contributed by atoms with Crippen LogP contribution >= 0.6 is 11.6 Å². The number of amides is 2. The Morgan fingerprint density at radius 2 is 1.71 bits per heavy atom. The lowest BCUT2D eigenvalue weighted by Gasteiger charge is -2.21. The van der Waals surface area contributed by atoms with Gasteiger partial charge in [-0.1, -0.05) is 23.7 Å². The van der Waals surface area contributed by atoms with Gasteiger partial charge >= 0.3 is 6.03 Å². The first-order valence-electron chi connectivity index (χ1n) is 10.7. The molecule has 0 bridgehead atoms. The highest BCUT2D eigenvalue weighted by Crippen LogP contribution is 2.27. The van der Waals surface area contributed by atoms with Crippen LogP contribution < -0.4 is 20.9 Å². The first-order valence-corrected chi connectivity index (χ1v) is 11.1. The molecule has 0 atom stereocenters. The molecule has 0 aliphatic heterocycles. The minimum Gasteiger partial charge on any atom is -0.487 e. The van der Waals surface area contributed by atoms with Gasteiger partial charge in [0.15, 0.2) is 0 Å². The lowest BCUT2D eigenvalue weighted by atomic mass is 10.1. The molecule has 3 rings (SSSR count). The molecule has 0 unspecified atom stereocenters. The van der Waals surface area contributed by atoms with Crippen LogP contribution in [0.2, 0.25) is 5.02 Å². The van der Waals surface area contributed by atoms with Crippen molar-refractivity contribution in [3.63, 3.8) is 0 Å². The van der Waals surface area contributed by atoms with Crippen molar-refractivity contribution in [2.24, 2.45) is 0 Å². The molecule has 2 N–H and O–H groups in total. The minimum absolute atomic E-state index is 0.00382. The van der Waals surface area contributed by atoms with Crippen molar-refractivity contribution in [1.82, 2.24) is 15.2 Å². The quantitative estimate of drug-likeness (QED) is 0.469. The Kier molecular flexibility index (Phi) is 7.80. The van der Waals surface area contributed by atoms with Crippen LogP contribution in [0.15, 0.2) is 47.3 Å². The van der Waals surface area contributed by atoms with Gasteiger partial charge in [0.05, 0.1) is 0 Å². The summed E-state index contributed by atoms with van der Waals surface area (Å²) in [7, 11) is 0. The predicted molar refractivity (Wildman–Crippen MR) is 128 cm³/mol. The number of aryl methyl sites for hydroxylation is 1. The summed E-state index contributed by atoms with van der Waals surface area (Å²) in [5, 5.41) is 5.04. The average Bonchev–Trinajstić information content (AvgIpc) is 2.75. The number of pyridine rings is 1. The molecule has 1 aromatic heterocycles. The Morgan fingerprint density at radius 3 is 2.34 bits per heavy atom. The van der Waals surface area contributed by atoms with E-state index >= 15 is 0 Å². The molecule has 0 radical (unpaired) electrons. The van der Waals surface area contributed by atoms with Gasteiger partial charge in [0.2, 0.25) is 0 Å². The molecule has 2 aromatic carbocycles. The molecule has 0 saturated carbocycles. The zero-order chi connectivity index (χ0) is 25.9. The molecule has 2 amide bonds. The summed E-state index contributed by atoms with van der Waals surface area (Å²) in [6, 6.07) is 8.22. The standard InChI is InChI=1S/C25H25ClF3N3O3/c1-14-10-20(21(26)23(33)32(14)22-18(28)6-5-7-19(22)29)35-13-15-8-9-17(27)11-16(15)12-30-24(34)31-25(2,3)4/h5-11H,12-13H2,1-4H3,(H2,30,31,34). The molecule has 1 heterocycles. The van der Waals surface area contributed by atoms with Crippen LogP contribution in [0.4, 0.5) is 18.0 Å². The monoisotopic (exact) mass is 507 g/mol. The van der Waals surface area contributed by atoms with Crippen molar-refractivity contribution in [3.8, 4) is 11.4 Å². The smallest absolute Gasteiger partial charge is 0.315 e.